The number of piperidine rings is 1. The molecule has 0 radical (unpaired) electrons. The first-order chi connectivity index (χ1) is 13.3. The van der Waals surface area contributed by atoms with Crippen molar-refractivity contribution in [2.75, 3.05) is 6.54 Å². The lowest BCUT2D eigenvalue weighted by atomic mass is 9.91. The zero-order chi connectivity index (χ0) is 19.9. The lowest BCUT2D eigenvalue weighted by Gasteiger charge is -2.32. The zero-order valence-corrected chi connectivity index (χ0v) is 16.6. The lowest BCUT2D eigenvalue weighted by Crippen LogP contribution is -2.47. The Morgan fingerprint density at radius 2 is 2.14 bits per heavy atom. The van der Waals surface area contributed by atoms with Gasteiger partial charge in [0.05, 0.1) is 23.9 Å². The third-order valence-corrected chi connectivity index (χ3v) is 5.33. The van der Waals surface area contributed by atoms with E-state index in [-0.39, 0.29) is 11.8 Å². The van der Waals surface area contributed by atoms with Gasteiger partial charge in [0.2, 0.25) is 5.91 Å². The van der Waals surface area contributed by atoms with E-state index in [1.165, 1.54) is 10.5 Å². The van der Waals surface area contributed by atoms with E-state index in [1.54, 1.807) is 20.8 Å². The number of ether oxygens (including phenoxy) is 1. The average molecular weight is 382 g/mol. The van der Waals surface area contributed by atoms with E-state index in [9.17, 15) is 9.59 Å². The standard InChI is InChI=1S/C21H26N4O3/c1-21(2,3)28-20(27)24-10-4-5-15(19(24)26)11-16-17-7-6-14-8-9-22-12-18(14)25(17)13-23-16/h8-9,12-13,15H,4-7,10-11H2,1-3H3. The Kier molecular flexibility index (Phi) is 4.69. The van der Waals surface area contributed by atoms with Crippen molar-refractivity contribution in [3.63, 3.8) is 0 Å². The second kappa shape index (κ2) is 7.04. The quantitative estimate of drug-likeness (QED) is 0.798. The summed E-state index contributed by atoms with van der Waals surface area (Å²) in [6, 6.07) is 2.04. The molecule has 148 valence electrons. The van der Waals surface area contributed by atoms with Crippen LogP contribution in [0.15, 0.2) is 24.8 Å². The molecule has 0 saturated carbocycles. The SMILES string of the molecule is CC(C)(C)OC(=O)N1CCCC(Cc2ncn3c2CCc2ccncc2-3)C1=O. The Bertz CT molecular complexity index is 913. The number of likely N-dealkylation sites (tertiary alicyclic amines) is 1. The minimum absolute atomic E-state index is 0.153. The van der Waals surface area contributed by atoms with E-state index >= 15 is 0 Å². The molecule has 1 saturated heterocycles. The van der Waals surface area contributed by atoms with Gasteiger partial charge in [0.25, 0.3) is 0 Å². The summed E-state index contributed by atoms with van der Waals surface area (Å²) in [6.07, 6.45) is 8.89. The molecule has 0 aromatic carbocycles. The van der Waals surface area contributed by atoms with Crippen molar-refractivity contribution < 1.29 is 14.3 Å². The minimum Gasteiger partial charge on any atom is -0.443 e. The molecule has 1 fully saturated rings. The van der Waals surface area contributed by atoms with Crippen molar-refractivity contribution in [1.82, 2.24) is 19.4 Å². The molecule has 0 bridgehead atoms. The van der Waals surface area contributed by atoms with Crippen LogP contribution in [0.3, 0.4) is 0 Å². The van der Waals surface area contributed by atoms with Gasteiger partial charge in [-0.1, -0.05) is 0 Å². The van der Waals surface area contributed by atoms with Crippen LogP contribution in [-0.2, 0) is 28.8 Å². The molecule has 0 aliphatic carbocycles. The first-order valence-corrected chi connectivity index (χ1v) is 9.86. The number of imide groups is 1. The molecule has 4 heterocycles. The van der Waals surface area contributed by atoms with Crippen LogP contribution >= 0.6 is 0 Å². The first-order valence-electron chi connectivity index (χ1n) is 9.86. The van der Waals surface area contributed by atoms with Crippen LogP contribution in [0.25, 0.3) is 5.69 Å². The number of imidazole rings is 1. The van der Waals surface area contributed by atoms with Crippen molar-refractivity contribution in [3.05, 3.63) is 41.7 Å². The second-order valence-electron chi connectivity index (χ2n) is 8.53. The fraction of sp³-hybridized carbons (Fsp3) is 0.524. The van der Waals surface area contributed by atoms with Gasteiger partial charge in [0.15, 0.2) is 0 Å². The van der Waals surface area contributed by atoms with Gasteiger partial charge in [-0.25, -0.2) is 14.7 Å². The summed E-state index contributed by atoms with van der Waals surface area (Å²) < 4.78 is 7.48. The number of aryl methyl sites for hydroxylation is 1. The number of hydrogen-bond donors (Lipinski definition) is 0. The van der Waals surface area contributed by atoms with Crippen LogP contribution in [0.2, 0.25) is 0 Å². The lowest BCUT2D eigenvalue weighted by molar-refractivity contribution is -0.137. The Balaban J connectivity index is 1.52. The highest BCUT2D eigenvalue weighted by Gasteiger charge is 2.36. The topological polar surface area (TPSA) is 77.3 Å². The van der Waals surface area contributed by atoms with Crippen molar-refractivity contribution in [2.45, 2.75) is 58.5 Å². The van der Waals surface area contributed by atoms with Gasteiger partial charge in [-0.05, 0) is 58.1 Å². The van der Waals surface area contributed by atoms with Gasteiger partial charge in [0, 0.05) is 30.8 Å². The van der Waals surface area contributed by atoms with Crippen molar-refractivity contribution >= 4 is 12.0 Å². The van der Waals surface area contributed by atoms with Crippen molar-refractivity contribution in [1.29, 1.82) is 0 Å². The van der Waals surface area contributed by atoms with Gasteiger partial charge in [-0.15, -0.1) is 0 Å². The Morgan fingerprint density at radius 1 is 1.32 bits per heavy atom. The molecule has 7 heteroatoms. The number of aromatic nitrogens is 3. The molecule has 7 nitrogen and oxygen atoms in total. The number of nitrogens with zero attached hydrogens (tertiary/aromatic N) is 4. The number of rotatable bonds is 2. The molecule has 1 unspecified atom stereocenters. The van der Waals surface area contributed by atoms with E-state index in [1.807, 2.05) is 24.8 Å². The van der Waals surface area contributed by atoms with Crippen LogP contribution in [-0.4, -0.2) is 43.6 Å². The average Bonchev–Trinajstić information content (AvgIpc) is 3.05. The van der Waals surface area contributed by atoms with E-state index in [0.29, 0.717) is 13.0 Å². The van der Waals surface area contributed by atoms with Gasteiger partial charge in [0.1, 0.15) is 5.60 Å². The van der Waals surface area contributed by atoms with Crippen molar-refractivity contribution in [2.24, 2.45) is 5.92 Å². The van der Waals surface area contributed by atoms with Crippen LogP contribution in [0.1, 0.15) is 50.6 Å². The number of fused-ring (bicyclic) bond motifs is 3. The summed E-state index contributed by atoms with van der Waals surface area (Å²) >= 11 is 0. The van der Waals surface area contributed by atoms with Crippen LogP contribution in [0.5, 0.6) is 0 Å². The summed E-state index contributed by atoms with van der Waals surface area (Å²) in [7, 11) is 0. The molecule has 2 aromatic heterocycles. The van der Waals surface area contributed by atoms with E-state index < -0.39 is 11.7 Å². The number of carbonyl (C=O) groups is 2. The highest BCUT2D eigenvalue weighted by atomic mass is 16.6. The molecule has 2 aliphatic heterocycles. The molecular formula is C21H26N4O3. The molecule has 4 rings (SSSR count). The van der Waals surface area contributed by atoms with Gasteiger partial charge < -0.3 is 9.30 Å². The number of carbonyl (C=O) groups excluding carboxylic acids is 2. The van der Waals surface area contributed by atoms with E-state index in [0.717, 1.165) is 42.8 Å². The maximum absolute atomic E-state index is 12.9. The monoisotopic (exact) mass is 382 g/mol. The maximum atomic E-state index is 12.9. The maximum Gasteiger partial charge on any atom is 0.417 e. The largest absolute Gasteiger partial charge is 0.443 e. The molecular weight excluding hydrogens is 356 g/mol. The van der Waals surface area contributed by atoms with Gasteiger partial charge >= 0.3 is 6.09 Å². The summed E-state index contributed by atoms with van der Waals surface area (Å²) in [4.78, 5) is 35.4. The van der Waals surface area contributed by atoms with Gasteiger partial charge in [-0.2, -0.15) is 0 Å². The Morgan fingerprint density at radius 3 is 2.93 bits per heavy atom. The smallest absolute Gasteiger partial charge is 0.417 e. The summed E-state index contributed by atoms with van der Waals surface area (Å²) in [5, 5.41) is 0. The summed E-state index contributed by atoms with van der Waals surface area (Å²) in [6.45, 7) is 5.84. The molecule has 0 N–H and O–H groups in total. The minimum atomic E-state index is -0.616. The van der Waals surface area contributed by atoms with Crippen LogP contribution in [0, 0.1) is 5.92 Å². The van der Waals surface area contributed by atoms with Crippen molar-refractivity contribution in [3.8, 4) is 5.69 Å². The number of pyridine rings is 1. The number of hydrogen-bond acceptors (Lipinski definition) is 5. The summed E-state index contributed by atoms with van der Waals surface area (Å²) in [5.41, 5.74) is 3.79. The highest BCUT2D eigenvalue weighted by Crippen LogP contribution is 2.29. The zero-order valence-electron chi connectivity index (χ0n) is 16.6. The summed E-state index contributed by atoms with van der Waals surface area (Å²) in [5.74, 6) is -0.392. The molecule has 2 aliphatic rings. The Labute approximate surface area is 164 Å². The first kappa shape index (κ1) is 18.7. The van der Waals surface area contributed by atoms with E-state index in [2.05, 4.69) is 14.5 Å². The molecule has 2 amide bonds. The second-order valence-corrected chi connectivity index (χ2v) is 8.53. The highest BCUT2D eigenvalue weighted by molar-refractivity contribution is 5.94. The van der Waals surface area contributed by atoms with Gasteiger partial charge in [-0.3, -0.25) is 9.78 Å². The third kappa shape index (κ3) is 3.53. The normalized spacial score (nSPS) is 19.2. The number of amides is 2. The Hall–Kier alpha value is -2.70. The molecule has 1 atom stereocenters. The fourth-order valence-corrected chi connectivity index (χ4v) is 4.02. The molecule has 0 spiro atoms. The van der Waals surface area contributed by atoms with Crippen LogP contribution < -0.4 is 0 Å². The fourth-order valence-electron chi connectivity index (χ4n) is 4.02. The molecule has 28 heavy (non-hydrogen) atoms. The predicted molar refractivity (Wildman–Crippen MR) is 103 cm³/mol. The van der Waals surface area contributed by atoms with E-state index in [4.69, 9.17) is 4.74 Å². The molecule has 2 aromatic rings. The predicted octanol–water partition coefficient (Wildman–Crippen LogP) is 3.08. The van der Waals surface area contributed by atoms with Crippen LogP contribution in [0.4, 0.5) is 4.79 Å². The third-order valence-electron chi connectivity index (χ3n) is 5.33.